The van der Waals surface area contributed by atoms with E-state index >= 15 is 0 Å². The van der Waals surface area contributed by atoms with E-state index in [0.29, 0.717) is 0 Å². The van der Waals surface area contributed by atoms with Gasteiger partial charge in [-0.2, -0.15) is 0 Å². The summed E-state index contributed by atoms with van der Waals surface area (Å²) in [5.74, 6) is 0. The summed E-state index contributed by atoms with van der Waals surface area (Å²) in [6, 6.07) is 16.5. The number of fused-ring (bicyclic) bond motifs is 4. The highest BCUT2D eigenvalue weighted by molar-refractivity contribution is 6.11. The molecule has 1 heterocycles. The van der Waals surface area contributed by atoms with Crippen LogP contribution in [0.15, 0.2) is 52.9 Å². The number of hydrogen-bond acceptors (Lipinski definition) is 2. The molecule has 0 atom stereocenters. The van der Waals surface area contributed by atoms with Crippen molar-refractivity contribution in [3.05, 3.63) is 54.1 Å². The molecule has 2 heteroatoms. The van der Waals surface area contributed by atoms with E-state index in [-0.39, 0.29) is 0 Å². The summed E-state index contributed by atoms with van der Waals surface area (Å²) in [6.07, 6.45) is 0. The van der Waals surface area contributed by atoms with Gasteiger partial charge < -0.3 is 10.2 Å². The first-order chi connectivity index (χ1) is 9.22. The van der Waals surface area contributed by atoms with Crippen molar-refractivity contribution in [1.29, 1.82) is 0 Å². The lowest BCUT2D eigenvalue weighted by Crippen LogP contribution is -1.85. The lowest BCUT2D eigenvalue weighted by atomic mass is 10.0. The standard InChI is InChI=1S/C17H13NO/c1-10-6-13(18)9-16-17(10)14-7-11-4-2-3-5-12(11)8-15(14)19-16/h2-9H,18H2,1H3. The minimum absolute atomic E-state index is 0.744. The Hall–Kier alpha value is -2.48. The molecule has 0 aliphatic carbocycles. The molecule has 0 radical (unpaired) electrons. The normalized spacial score (nSPS) is 11.6. The minimum Gasteiger partial charge on any atom is -0.456 e. The van der Waals surface area contributed by atoms with Crippen molar-refractivity contribution in [2.75, 3.05) is 5.73 Å². The SMILES string of the molecule is Cc1cc(N)cc2oc3cc4ccccc4cc3c12. The summed E-state index contributed by atoms with van der Waals surface area (Å²) in [4.78, 5) is 0. The van der Waals surface area contributed by atoms with Crippen molar-refractivity contribution in [2.24, 2.45) is 0 Å². The summed E-state index contributed by atoms with van der Waals surface area (Å²) in [6.45, 7) is 2.07. The van der Waals surface area contributed by atoms with Crippen molar-refractivity contribution in [2.45, 2.75) is 6.92 Å². The molecule has 0 saturated carbocycles. The molecule has 2 nitrogen and oxygen atoms in total. The molecule has 4 aromatic rings. The zero-order valence-electron chi connectivity index (χ0n) is 10.6. The number of furan rings is 1. The van der Waals surface area contributed by atoms with Crippen LogP contribution in [0, 0.1) is 6.92 Å². The molecule has 0 bridgehead atoms. The first kappa shape index (κ1) is 10.4. The lowest BCUT2D eigenvalue weighted by molar-refractivity contribution is 0.669. The zero-order valence-corrected chi connectivity index (χ0v) is 10.6. The predicted molar refractivity (Wildman–Crippen MR) is 80.4 cm³/mol. The molecule has 0 aliphatic heterocycles. The van der Waals surface area contributed by atoms with Gasteiger partial charge in [-0.1, -0.05) is 24.3 Å². The number of nitrogens with two attached hydrogens (primary N) is 1. The molecule has 0 aliphatic rings. The van der Waals surface area contributed by atoms with Crippen LogP contribution < -0.4 is 5.73 Å². The van der Waals surface area contributed by atoms with Crippen LogP contribution in [0.4, 0.5) is 5.69 Å². The average Bonchev–Trinajstić information content (AvgIpc) is 2.72. The summed E-state index contributed by atoms with van der Waals surface area (Å²) in [5.41, 5.74) is 9.57. The molecular weight excluding hydrogens is 234 g/mol. The quantitative estimate of drug-likeness (QED) is 0.460. The number of anilines is 1. The smallest absolute Gasteiger partial charge is 0.137 e. The van der Waals surface area contributed by atoms with Crippen LogP contribution in [0.5, 0.6) is 0 Å². The maximum absolute atomic E-state index is 5.94. The molecule has 0 fully saturated rings. The summed E-state index contributed by atoms with van der Waals surface area (Å²) >= 11 is 0. The molecule has 92 valence electrons. The van der Waals surface area contributed by atoms with E-state index in [1.165, 1.54) is 10.8 Å². The highest BCUT2D eigenvalue weighted by atomic mass is 16.3. The van der Waals surface area contributed by atoms with Gasteiger partial charge in [-0.15, -0.1) is 0 Å². The van der Waals surface area contributed by atoms with Crippen LogP contribution in [0.1, 0.15) is 5.56 Å². The van der Waals surface area contributed by atoms with Gasteiger partial charge in [0, 0.05) is 22.5 Å². The van der Waals surface area contributed by atoms with E-state index in [2.05, 4.69) is 37.3 Å². The van der Waals surface area contributed by atoms with Gasteiger partial charge in [-0.25, -0.2) is 0 Å². The molecule has 4 rings (SSSR count). The molecule has 0 saturated heterocycles. The van der Waals surface area contributed by atoms with Crippen molar-refractivity contribution in [3.63, 3.8) is 0 Å². The Morgan fingerprint density at radius 3 is 2.42 bits per heavy atom. The van der Waals surface area contributed by atoms with E-state index in [1.54, 1.807) is 0 Å². The van der Waals surface area contributed by atoms with Crippen molar-refractivity contribution in [3.8, 4) is 0 Å². The fourth-order valence-corrected chi connectivity index (χ4v) is 2.83. The highest BCUT2D eigenvalue weighted by Gasteiger charge is 2.10. The van der Waals surface area contributed by atoms with Crippen molar-refractivity contribution >= 4 is 38.4 Å². The van der Waals surface area contributed by atoms with Gasteiger partial charge in [-0.3, -0.25) is 0 Å². The zero-order chi connectivity index (χ0) is 13.0. The van der Waals surface area contributed by atoms with Crippen LogP contribution in [-0.2, 0) is 0 Å². The molecule has 2 N–H and O–H groups in total. The number of aryl methyl sites for hydroxylation is 1. The maximum Gasteiger partial charge on any atom is 0.137 e. The van der Waals surface area contributed by atoms with Gasteiger partial charge in [0.1, 0.15) is 11.2 Å². The monoisotopic (exact) mass is 247 g/mol. The van der Waals surface area contributed by atoms with Gasteiger partial charge in [0.25, 0.3) is 0 Å². The number of nitrogen functional groups attached to an aromatic ring is 1. The van der Waals surface area contributed by atoms with Gasteiger partial charge in [0.2, 0.25) is 0 Å². The second kappa shape index (κ2) is 3.51. The van der Waals surface area contributed by atoms with Crippen LogP contribution in [0.25, 0.3) is 32.7 Å². The second-order valence-electron chi connectivity index (χ2n) is 5.01. The fourth-order valence-electron chi connectivity index (χ4n) is 2.83. The molecule has 0 spiro atoms. The Morgan fingerprint density at radius 1 is 0.895 bits per heavy atom. The number of hydrogen-bond donors (Lipinski definition) is 1. The maximum atomic E-state index is 5.94. The predicted octanol–water partition coefficient (Wildman–Crippen LogP) is 4.63. The second-order valence-corrected chi connectivity index (χ2v) is 5.01. The van der Waals surface area contributed by atoms with Crippen LogP contribution in [0.3, 0.4) is 0 Å². The molecule has 3 aromatic carbocycles. The molecule has 0 amide bonds. The Kier molecular flexibility index (Phi) is 1.93. The molecule has 19 heavy (non-hydrogen) atoms. The van der Waals surface area contributed by atoms with Gasteiger partial charge in [-0.05, 0) is 41.5 Å². The molecule has 1 aromatic heterocycles. The first-order valence-corrected chi connectivity index (χ1v) is 6.33. The van der Waals surface area contributed by atoms with Gasteiger partial charge in [0.15, 0.2) is 0 Å². The van der Waals surface area contributed by atoms with E-state index in [1.807, 2.05) is 18.2 Å². The summed E-state index contributed by atoms with van der Waals surface area (Å²) in [5, 5.41) is 4.75. The van der Waals surface area contributed by atoms with Crippen LogP contribution in [-0.4, -0.2) is 0 Å². The Labute approximate surface area is 110 Å². The number of benzene rings is 3. The van der Waals surface area contributed by atoms with E-state index in [9.17, 15) is 0 Å². The Bertz CT molecular complexity index is 934. The third kappa shape index (κ3) is 1.43. The van der Waals surface area contributed by atoms with E-state index < -0.39 is 0 Å². The largest absolute Gasteiger partial charge is 0.456 e. The fraction of sp³-hybridized carbons (Fsp3) is 0.0588. The van der Waals surface area contributed by atoms with Crippen LogP contribution in [0.2, 0.25) is 0 Å². The Balaban J connectivity index is 2.26. The third-order valence-corrected chi connectivity index (χ3v) is 3.66. The molecule has 0 unspecified atom stereocenters. The molecular formula is C17H13NO. The lowest BCUT2D eigenvalue weighted by Gasteiger charge is -1.99. The first-order valence-electron chi connectivity index (χ1n) is 6.33. The summed E-state index contributed by atoms with van der Waals surface area (Å²) in [7, 11) is 0. The van der Waals surface area contributed by atoms with Crippen LogP contribution >= 0.6 is 0 Å². The van der Waals surface area contributed by atoms with E-state index in [0.717, 1.165) is 33.2 Å². The van der Waals surface area contributed by atoms with Crippen molar-refractivity contribution < 1.29 is 4.42 Å². The van der Waals surface area contributed by atoms with Crippen molar-refractivity contribution in [1.82, 2.24) is 0 Å². The van der Waals surface area contributed by atoms with Gasteiger partial charge >= 0.3 is 0 Å². The average molecular weight is 247 g/mol. The van der Waals surface area contributed by atoms with Gasteiger partial charge in [0.05, 0.1) is 0 Å². The van der Waals surface area contributed by atoms with E-state index in [4.69, 9.17) is 10.2 Å². The number of rotatable bonds is 0. The third-order valence-electron chi connectivity index (χ3n) is 3.66. The Morgan fingerprint density at radius 2 is 1.63 bits per heavy atom. The topological polar surface area (TPSA) is 39.2 Å². The minimum atomic E-state index is 0.744. The summed E-state index contributed by atoms with van der Waals surface area (Å²) < 4.78 is 5.94. The highest BCUT2D eigenvalue weighted by Crippen LogP contribution is 2.35.